The first-order valence-electron chi connectivity index (χ1n) is 3.50. The standard InChI is InChI=1S/C8H7NO3/c10-8(11)6-1-2-9-3-4-12-5-7(6)9/h1-4H,5H2,(H,10,11). The summed E-state index contributed by atoms with van der Waals surface area (Å²) in [7, 11) is 0. The van der Waals surface area contributed by atoms with Crippen molar-refractivity contribution in [2.75, 3.05) is 0 Å². The second-order valence-electron chi connectivity index (χ2n) is 2.48. The van der Waals surface area contributed by atoms with Gasteiger partial charge in [-0.05, 0) is 6.07 Å². The molecule has 0 spiro atoms. The first-order valence-corrected chi connectivity index (χ1v) is 3.50. The maximum atomic E-state index is 10.6. The van der Waals surface area contributed by atoms with Gasteiger partial charge in [0.1, 0.15) is 12.9 Å². The molecule has 1 aliphatic rings. The van der Waals surface area contributed by atoms with Crippen LogP contribution >= 0.6 is 0 Å². The van der Waals surface area contributed by atoms with E-state index in [1.165, 1.54) is 0 Å². The number of carboxylic acid groups (broad SMARTS) is 1. The smallest absolute Gasteiger partial charge is 0.337 e. The monoisotopic (exact) mass is 165 g/mol. The van der Waals surface area contributed by atoms with Gasteiger partial charge < -0.3 is 14.4 Å². The average Bonchev–Trinajstić information content (AvgIpc) is 2.47. The van der Waals surface area contributed by atoms with Crippen molar-refractivity contribution in [3.63, 3.8) is 0 Å². The van der Waals surface area contributed by atoms with E-state index in [0.29, 0.717) is 17.9 Å². The molecule has 4 heteroatoms. The van der Waals surface area contributed by atoms with Crippen LogP contribution in [0.2, 0.25) is 0 Å². The van der Waals surface area contributed by atoms with Crippen LogP contribution in [0.4, 0.5) is 0 Å². The summed E-state index contributed by atoms with van der Waals surface area (Å²) >= 11 is 0. The molecule has 0 saturated heterocycles. The molecule has 0 fully saturated rings. The lowest BCUT2D eigenvalue weighted by Crippen LogP contribution is -2.06. The fraction of sp³-hybridized carbons (Fsp3) is 0.125. The topological polar surface area (TPSA) is 51.5 Å². The molecule has 4 nitrogen and oxygen atoms in total. The van der Waals surface area contributed by atoms with Gasteiger partial charge in [0.15, 0.2) is 0 Å². The minimum atomic E-state index is -0.914. The van der Waals surface area contributed by atoms with E-state index in [-0.39, 0.29) is 0 Å². The van der Waals surface area contributed by atoms with Crippen molar-refractivity contribution in [1.29, 1.82) is 0 Å². The molecule has 62 valence electrons. The molecule has 0 aliphatic carbocycles. The Bertz CT molecular complexity index is 351. The lowest BCUT2D eigenvalue weighted by Gasteiger charge is -2.10. The van der Waals surface area contributed by atoms with Crippen molar-refractivity contribution < 1.29 is 14.6 Å². The van der Waals surface area contributed by atoms with Crippen molar-refractivity contribution in [3.8, 4) is 0 Å². The number of fused-ring (bicyclic) bond motifs is 1. The Morgan fingerprint density at radius 1 is 1.67 bits per heavy atom. The zero-order chi connectivity index (χ0) is 8.55. The zero-order valence-electron chi connectivity index (χ0n) is 6.23. The molecule has 12 heavy (non-hydrogen) atoms. The van der Waals surface area contributed by atoms with E-state index < -0.39 is 5.97 Å². The van der Waals surface area contributed by atoms with Crippen LogP contribution in [-0.4, -0.2) is 15.6 Å². The summed E-state index contributed by atoms with van der Waals surface area (Å²) in [5.74, 6) is -0.914. The molecular formula is C8H7NO3. The number of aromatic nitrogens is 1. The molecule has 0 saturated carbocycles. The summed E-state index contributed by atoms with van der Waals surface area (Å²) in [5, 5.41) is 8.74. The van der Waals surface area contributed by atoms with E-state index in [9.17, 15) is 4.79 Å². The quantitative estimate of drug-likeness (QED) is 0.678. The van der Waals surface area contributed by atoms with Gasteiger partial charge in [0, 0.05) is 12.4 Å². The van der Waals surface area contributed by atoms with E-state index in [4.69, 9.17) is 9.84 Å². The van der Waals surface area contributed by atoms with Gasteiger partial charge in [-0.15, -0.1) is 0 Å². The van der Waals surface area contributed by atoms with E-state index in [1.807, 2.05) is 0 Å². The number of hydrogen-bond acceptors (Lipinski definition) is 2. The van der Waals surface area contributed by atoms with Crippen LogP contribution in [0.25, 0.3) is 6.20 Å². The molecule has 1 N–H and O–H groups in total. The fourth-order valence-corrected chi connectivity index (χ4v) is 1.20. The normalized spacial score (nSPS) is 13.7. The highest BCUT2D eigenvalue weighted by Gasteiger charge is 2.15. The van der Waals surface area contributed by atoms with Crippen LogP contribution in [-0.2, 0) is 11.3 Å². The minimum Gasteiger partial charge on any atom is -0.493 e. The Kier molecular flexibility index (Phi) is 1.40. The van der Waals surface area contributed by atoms with E-state index in [2.05, 4.69) is 0 Å². The zero-order valence-corrected chi connectivity index (χ0v) is 6.23. The first kappa shape index (κ1) is 6.97. The van der Waals surface area contributed by atoms with Gasteiger partial charge in [0.2, 0.25) is 0 Å². The first-order chi connectivity index (χ1) is 5.79. The number of carboxylic acids is 1. The highest BCUT2D eigenvalue weighted by molar-refractivity contribution is 5.89. The second kappa shape index (κ2) is 2.41. The lowest BCUT2D eigenvalue weighted by molar-refractivity contribution is 0.0692. The highest BCUT2D eigenvalue weighted by Crippen LogP contribution is 2.16. The Hall–Kier alpha value is -1.71. The highest BCUT2D eigenvalue weighted by atomic mass is 16.5. The number of nitrogens with zero attached hydrogens (tertiary/aromatic N) is 1. The van der Waals surface area contributed by atoms with Gasteiger partial charge >= 0.3 is 5.97 Å². The number of aromatic carboxylic acids is 1. The molecule has 1 aromatic heterocycles. The van der Waals surface area contributed by atoms with Crippen molar-refractivity contribution in [2.24, 2.45) is 0 Å². The third kappa shape index (κ3) is 0.887. The molecule has 1 aliphatic heterocycles. The van der Waals surface area contributed by atoms with Crippen molar-refractivity contribution in [3.05, 3.63) is 29.8 Å². The predicted octanol–water partition coefficient (Wildman–Crippen LogP) is 1.14. The maximum Gasteiger partial charge on any atom is 0.337 e. The van der Waals surface area contributed by atoms with Crippen molar-refractivity contribution in [1.82, 2.24) is 4.57 Å². The molecule has 0 aromatic carbocycles. The van der Waals surface area contributed by atoms with Crippen LogP contribution in [0, 0.1) is 0 Å². The lowest BCUT2D eigenvalue weighted by atomic mass is 10.2. The number of carbonyl (C=O) groups is 1. The van der Waals surface area contributed by atoms with Crippen LogP contribution < -0.4 is 0 Å². The molecule has 0 bridgehead atoms. The molecule has 2 heterocycles. The molecular weight excluding hydrogens is 158 g/mol. The molecule has 0 radical (unpaired) electrons. The molecule has 0 amide bonds. The maximum absolute atomic E-state index is 10.6. The fourth-order valence-electron chi connectivity index (χ4n) is 1.20. The van der Waals surface area contributed by atoms with Crippen molar-refractivity contribution >= 4 is 12.2 Å². The van der Waals surface area contributed by atoms with E-state index >= 15 is 0 Å². The Labute approximate surface area is 68.7 Å². The minimum absolute atomic E-state index is 0.305. The molecule has 1 aromatic rings. The third-order valence-corrected chi connectivity index (χ3v) is 1.79. The average molecular weight is 165 g/mol. The van der Waals surface area contributed by atoms with Gasteiger partial charge in [0.25, 0.3) is 0 Å². The summed E-state index contributed by atoms with van der Waals surface area (Å²) in [4.78, 5) is 10.6. The molecule has 0 atom stereocenters. The second-order valence-corrected chi connectivity index (χ2v) is 2.48. The van der Waals surface area contributed by atoms with Gasteiger partial charge in [-0.3, -0.25) is 0 Å². The third-order valence-electron chi connectivity index (χ3n) is 1.79. The van der Waals surface area contributed by atoms with Crippen LogP contribution in [0.3, 0.4) is 0 Å². The number of rotatable bonds is 1. The van der Waals surface area contributed by atoms with E-state index in [1.54, 1.807) is 29.3 Å². The molecule has 2 rings (SSSR count). The largest absolute Gasteiger partial charge is 0.493 e. The van der Waals surface area contributed by atoms with Gasteiger partial charge in [-0.1, -0.05) is 0 Å². The van der Waals surface area contributed by atoms with Crippen LogP contribution in [0.5, 0.6) is 0 Å². The predicted molar refractivity (Wildman–Crippen MR) is 41.5 cm³/mol. The van der Waals surface area contributed by atoms with Gasteiger partial charge in [-0.25, -0.2) is 4.79 Å². The van der Waals surface area contributed by atoms with Crippen LogP contribution in [0.15, 0.2) is 18.5 Å². The summed E-state index contributed by atoms with van der Waals surface area (Å²) in [5.41, 5.74) is 0.990. The summed E-state index contributed by atoms with van der Waals surface area (Å²) in [6.45, 7) is 0.325. The Balaban J connectivity index is 2.53. The SMILES string of the molecule is O=C(O)c1ccn2c1COC=C2. The van der Waals surface area contributed by atoms with Gasteiger partial charge in [-0.2, -0.15) is 0 Å². The summed E-state index contributed by atoms with van der Waals surface area (Å²) in [6.07, 6.45) is 4.93. The number of ether oxygens (including phenoxy) is 1. The van der Waals surface area contributed by atoms with Gasteiger partial charge in [0.05, 0.1) is 11.3 Å². The molecule has 0 unspecified atom stereocenters. The summed E-state index contributed by atoms with van der Waals surface area (Å²) in [6, 6.07) is 1.57. The summed E-state index contributed by atoms with van der Waals surface area (Å²) < 4.78 is 6.72. The van der Waals surface area contributed by atoms with E-state index in [0.717, 1.165) is 0 Å². The van der Waals surface area contributed by atoms with Crippen LogP contribution in [0.1, 0.15) is 16.1 Å². The Morgan fingerprint density at radius 3 is 3.25 bits per heavy atom. The van der Waals surface area contributed by atoms with Crippen molar-refractivity contribution in [2.45, 2.75) is 6.61 Å². The number of hydrogen-bond donors (Lipinski definition) is 1. The Morgan fingerprint density at radius 2 is 2.50 bits per heavy atom.